The number of hydrogen-bond acceptors (Lipinski definition) is 3. The van der Waals surface area contributed by atoms with Crippen molar-refractivity contribution in [1.82, 2.24) is 10.3 Å². The van der Waals surface area contributed by atoms with Crippen LogP contribution < -0.4 is 10.1 Å². The number of methoxy groups -OCH3 is 1. The number of aryl methyl sites for hydroxylation is 1. The van der Waals surface area contributed by atoms with Gasteiger partial charge in [-0.2, -0.15) is 0 Å². The van der Waals surface area contributed by atoms with Crippen LogP contribution in [0, 0.1) is 6.92 Å². The summed E-state index contributed by atoms with van der Waals surface area (Å²) in [6, 6.07) is 9.16. The van der Waals surface area contributed by atoms with Crippen molar-refractivity contribution in [3.05, 3.63) is 58.4 Å². The summed E-state index contributed by atoms with van der Waals surface area (Å²) in [6.45, 7) is 2.25. The molecule has 0 radical (unpaired) electrons. The van der Waals surface area contributed by atoms with Crippen molar-refractivity contribution >= 4 is 17.5 Å². The van der Waals surface area contributed by atoms with E-state index in [0.29, 0.717) is 17.1 Å². The minimum Gasteiger partial charge on any atom is -0.497 e. The van der Waals surface area contributed by atoms with Crippen LogP contribution >= 0.6 is 11.6 Å². The molecule has 0 saturated carbocycles. The molecule has 0 aliphatic carbocycles. The Labute approximate surface area is 122 Å². The van der Waals surface area contributed by atoms with Gasteiger partial charge in [-0.15, -0.1) is 0 Å². The molecule has 2 aromatic rings. The van der Waals surface area contributed by atoms with E-state index in [4.69, 9.17) is 16.3 Å². The van der Waals surface area contributed by atoms with Crippen molar-refractivity contribution in [2.75, 3.05) is 7.11 Å². The summed E-state index contributed by atoms with van der Waals surface area (Å²) >= 11 is 6.03. The van der Waals surface area contributed by atoms with Crippen LogP contribution in [-0.4, -0.2) is 18.0 Å². The van der Waals surface area contributed by atoms with Crippen LogP contribution in [0.25, 0.3) is 0 Å². The second-order valence-corrected chi connectivity index (χ2v) is 4.74. The largest absolute Gasteiger partial charge is 0.497 e. The van der Waals surface area contributed by atoms with E-state index in [1.165, 1.54) is 6.20 Å². The molecule has 0 aliphatic heterocycles. The number of hydrogen-bond donors (Lipinski definition) is 1. The van der Waals surface area contributed by atoms with Crippen molar-refractivity contribution in [2.24, 2.45) is 0 Å². The Morgan fingerprint density at radius 3 is 2.65 bits per heavy atom. The van der Waals surface area contributed by atoms with Gasteiger partial charge in [0, 0.05) is 18.4 Å². The quantitative estimate of drug-likeness (QED) is 0.942. The zero-order valence-corrected chi connectivity index (χ0v) is 12.1. The maximum atomic E-state index is 12.0. The summed E-state index contributed by atoms with van der Waals surface area (Å²) in [4.78, 5) is 16.1. The standard InChI is InChI=1S/C15H15ClN2O2/c1-10-7-14(16)13(9-17-10)15(19)18-8-11-3-5-12(20-2)6-4-11/h3-7,9H,8H2,1-2H3,(H,18,19). The highest BCUT2D eigenvalue weighted by atomic mass is 35.5. The lowest BCUT2D eigenvalue weighted by Gasteiger charge is -2.07. The Morgan fingerprint density at radius 1 is 1.35 bits per heavy atom. The molecule has 1 N–H and O–H groups in total. The second-order valence-electron chi connectivity index (χ2n) is 4.34. The molecule has 0 unspecified atom stereocenters. The molecular formula is C15H15ClN2O2. The van der Waals surface area contributed by atoms with E-state index in [9.17, 15) is 4.79 Å². The van der Waals surface area contributed by atoms with Gasteiger partial charge in [0.1, 0.15) is 5.75 Å². The Morgan fingerprint density at radius 2 is 2.05 bits per heavy atom. The van der Waals surface area contributed by atoms with Gasteiger partial charge < -0.3 is 10.1 Å². The molecule has 0 atom stereocenters. The number of ether oxygens (including phenoxy) is 1. The molecule has 0 spiro atoms. The molecule has 104 valence electrons. The normalized spacial score (nSPS) is 10.2. The van der Waals surface area contributed by atoms with Crippen LogP contribution in [0.15, 0.2) is 36.5 Å². The topological polar surface area (TPSA) is 51.2 Å². The van der Waals surface area contributed by atoms with E-state index in [1.54, 1.807) is 13.2 Å². The van der Waals surface area contributed by atoms with Gasteiger partial charge in [-0.1, -0.05) is 23.7 Å². The zero-order chi connectivity index (χ0) is 14.5. The maximum absolute atomic E-state index is 12.0. The van der Waals surface area contributed by atoms with Gasteiger partial charge >= 0.3 is 0 Å². The summed E-state index contributed by atoms with van der Waals surface area (Å²) < 4.78 is 5.08. The molecule has 0 fully saturated rings. The van der Waals surface area contributed by atoms with Gasteiger partial charge in [-0.05, 0) is 30.7 Å². The van der Waals surface area contributed by atoms with Gasteiger partial charge in [0.2, 0.25) is 0 Å². The fourth-order valence-electron chi connectivity index (χ4n) is 1.71. The molecule has 1 aromatic heterocycles. The summed E-state index contributed by atoms with van der Waals surface area (Å²) in [5.41, 5.74) is 2.14. The summed E-state index contributed by atoms with van der Waals surface area (Å²) in [7, 11) is 1.61. The minimum atomic E-state index is -0.238. The molecule has 1 amide bonds. The highest BCUT2D eigenvalue weighted by molar-refractivity contribution is 6.33. The van der Waals surface area contributed by atoms with Crippen LogP contribution in [0.3, 0.4) is 0 Å². The number of nitrogens with one attached hydrogen (secondary N) is 1. The van der Waals surface area contributed by atoms with E-state index < -0.39 is 0 Å². The molecule has 0 saturated heterocycles. The lowest BCUT2D eigenvalue weighted by molar-refractivity contribution is 0.0950. The first-order valence-electron chi connectivity index (χ1n) is 6.13. The predicted molar refractivity (Wildman–Crippen MR) is 78.1 cm³/mol. The minimum absolute atomic E-state index is 0.238. The fraction of sp³-hybridized carbons (Fsp3) is 0.200. The van der Waals surface area contributed by atoms with E-state index in [-0.39, 0.29) is 5.91 Å². The number of rotatable bonds is 4. The Hall–Kier alpha value is -2.07. The number of nitrogens with zero attached hydrogens (tertiary/aromatic N) is 1. The average molecular weight is 291 g/mol. The SMILES string of the molecule is COc1ccc(CNC(=O)c2cnc(C)cc2Cl)cc1. The summed E-state index contributed by atoms with van der Waals surface area (Å²) in [5, 5.41) is 3.22. The summed E-state index contributed by atoms with van der Waals surface area (Å²) in [5.74, 6) is 0.546. The highest BCUT2D eigenvalue weighted by Crippen LogP contribution is 2.16. The molecule has 1 aromatic carbocycles. The molecular weight excluding hydrogens is 276 g/mol. The number of benzene rings is 1. The van der Waals surface area contributed by atoms with E-state index in [2.05, 4.69) is 10.3 Å². The van der Waals surface area contributed by atoms with E-state index in [0.717, 1.165) is 17.0 Å². The van der Waals surface area contributed by atoms with Gasteiger partial charge in [-0.25, -0.2) is 0 Å². The first kappa shape index (κ1) is 14.3. The predicted octanol–water partition coefficient (Wildman–Crippen LogP) is 2.98. The molecule has 5 heteroatoms. The van der Waals surface area contributed by atoms with Gasteiger partial charge in [-0.3, -0.25) is 9.78 Å². The monoisotopic (exact) mass is 290 g/mol. The Bertz CT molecular complexity index is 612. The molecule has 0 bridgehead atoms. The Kier molecular flexibility index (Phi) is 4.58. The smallest absolute Gasteiger partial charge is 0.254 e. The van der Waals surface area contributed by atoms with Crippen molar-refractivity contribution in [3.8, 4) is 5.75 Å². The third kappa shape index (κ3) is 3.48. The molecule has 20 heavy (non-hydrogen) atoms. The third-order valence-corrected chi connectivity index (χ3v) is 3.16. The van der Waals surface area contributed by atoms with Gasteiger partial charge in [0.15, 0.2) is 0 Å². The number of halogens is 1. The van der Waals surface area contributed by atoms with Crippen LogP contribution in [0.4, 0.5) is 0 Å². The summed E-state index contributed by atoms with van der Waals surface area (Å²) in [6.07, 6.45) is 1.49. The number of amides is 1. The van der Waals surface area contributed by atoms with Crippen molar-refractivity contribution in [1.29, 1.82) is 0 Å². The second kappa shape index (κ2) is 6.39. The van der Waals surface area contributed by atoms with E-state index in [1.807, 2.05) is 31.2 Å². The first-order chi connectivity index (χ1) is 9.60. The zero-order valence-electron chi connectivity index (χ0n) is 11.3. The number of pyridine rings is 1. The third-order valence-electron chi connectivity index (χ3n) is 2.85. The number of aromatic nitrogens is 1. The van der Waals surface area contributed by atoms with Crippen molar-refractivity contribution in [3.63, 3.8) is 0 Å². The maximum Gasteiger partial charge on any atom is 0.254 e. The molecule has 2 rings (SSSR count). The average Bonchev–Trinajstić information content (AvgIpc) is 2.45. The van der Waals surface area contributed by atoms with Crippen molar-refractivity contribution in [2.45, 2.75) is 13.5 Å². The van der Waals surface area contributed by atoms with Crippen molar-refractivity contribution < 1.29 is 9.53 Å². The lowest BCUT2D eigenvalue weighted by atomic mass is 10.2. The van der Waals surface area contributed by atoms with Crippen LogP contribution in [0.2, 0.25) is 5.02 Å². The van der Waals surface area contributed by atoms with Crippen LogP contribution in [0.5, 0.6) is 5.75 Å². The van der Waals surface area contributed by atoms with Gasteiger partial charge in [0.05, 0.1) is 17.7 Å². The molecule has 4 nitrogen and oxygen atoms in total. The van der Waals surface area contributed by atoms with Crippen LogP contribution in [0.1, 0.15) is 21.6 Å². The fourth-order valence-corrected chi connectivity index (χ4v) is 2.01. The lowest BCUT2D eigenvalue weighted by Crippen LogP contribution is -2.23. The molecule has 1 heterocycles. The Balaban J connectivity index is 2.00. The number of carbonyl (C=O) groups is 1. The first-order valence-corrected chi connectivity index (χ1v) is 6.51. The van der Waals surface area contributed by atoms with Gasteiger partial charge in [0.25, 0.3) is 5.91 Å². The number of carbonyl (C=O) groups excluding carboxylic acids is 1. The van der Waals surface area contributed by atoms with Crippen LogP contribution in [-0.2, 0) is 6.54 Å². The van der Waals surface area contributed by atoms with E-state index >= 15 is 0 Å². The molecule has 0 aliphatic rings. The highest BCUT2D eigenvalue weighted by Gasteiger charge is 2.10.